The van der Waals surface area contributed by atoms with Crippen LogP contribution in [0, 0.1) is 13.8 Å². The Balaban J connectivity index is 1.60. The third kappa shape index (κ3) is 4.54. The van der Waals surface area contributed by atoms with Crippen LogP contribution in [-0.2, 0) is 4.79 Å². The quantitative estimate of drug-likeness (QED) is 0.680. The summed E-state index contributed by atoms with van der Waals surface area (Å²) < 4.78 is 11.3. The molecule has 1 N–H and O–H groups in total. The second kappa shape index (κ2) is 8.39. The maximum atomic E-state index is 12.4. The van der Waals surface area contributed by atoms with E-state index in [0.717, 1.165) is 16.9 Å². The Labute approximate surface area is 153 Å². The van der Waals surface area contributed by atoms with Gasteiger partial charge in [0, 0.05) is 0 Å². The summed E-state index contributed by atoms with van der Waals surface area (Å²) in [5, 5.41) is 3.03. The largest absolute Gasteiger partial charge is 0.493 e. The number of amides is 1. The smallest absolute Gasteiger partial charge is 0.224 e. The van der Waals surface area contributed by atoms with Gasteiger partial charge in [-0.1, -0.05) is 48.0 Å². The Morgan fingerprint density at radius 3 is 2.58 bits per heavy atom. The molecule has 1 atom stereocenters. The first kappa shape index (κ1) is 17.8. The number of carbonyl (C=O) groups excluding carboxylic acids is 1. The van der Waals surface area contributed by atoms with Gasteiger partial charge in [0.15, 0.2) is 0 Å². The highest BCUT2D eigenvalue weighted by molar-refractivity contribution is 5.77. The minimum Gasteiger partial charge on any atom is -0.493 e. The Morgan fingerprint density at radius 2 is 1.88 bits per heavy atom. The highest BCUT2D eigenvalue weighted by atomic mass is 16.5. The van der Waals surface area contributed by atoms with Gasteiger partial charge in [-0.2, -0.15) is 0 Å². The first-order valence-corrected chi connectivity index (χ1v) is 8.71. The van der Waals surface area contributed by atoms with Crippen molar-refractivity contribution in [3.8, 4) is 5.75 Å². The van der Waals surface area contributed by atoms with E-state index in [4.69, 9.17) is 9.15 Å². The van der Waals surface area contributed by atoms with Gasteiger partial charge in [0.05, 0.1) is 19.3 Å². The number of aryl methyl sites for hydroxylation is 2. The van der Waals surface area contributed by atoms with E-state index < -0.39 is 0 Å². The second-order valence-corrected chi connectivity index (χ2v) is 6.29. The summed E-state index contributed by atoms with van der Waals surface area (Å²) in [6.07, 6.45) is 1.89. The lowest BCUT2D eigenvalue weighted by Crippen LogP contribution is -2.30. The lowest BCUT2D eigenvalue weighted by Gasteiger charge is -2.17. The zero-order valence-electron chi connectivity index (χ0n) is 15.1. The lowest BCUT2D eigenvalue weighted by atomic mass is 10.0. The minimum absolute atomic E-state index is 0.0833. The normalized spacial score (nSPS) is 11.8. The summed E-state index contributed by atoms with van der Waals surface area (Å²) in [6, 6.07) is 19.2. The number of ether oxygens (including phenoxy) is 1. The number of carbonyl (C=O) groups is 1. The van der Waals surface area contributed by atoms with E-state index in [9.17, 15) is 4.79 Å². The average molecular weight is 349 g/mol. The van der Waals surface area contributed by atoms with Crippen LogP contribution in [0.2, 0.25) is 0 Å². The Hall–Kier alpha value is -3.01. The van der Waals surface area contributed by atoms with Crippen molar-refractivity contribution in [3.63, 3.8) is 0 Å². The molecular weight excluding hydrogens is 326 g/mol. The number of furan rings is 1. The van der Waals surface area contributed by atoms with Gasteiger partial charge < -0.3 is 14.5 Å². The van der Waals surface area contributed by atoms with E-state index in [1.165, 1.54) is 5.56 Å². The van der Waals surface area contributed by atoms with Gasteiger partial charge >= 0.3 is 0 Å². The zero-order valence-corrected chi connectivity index (χ0v) is 15.1. The van der Waals surface area contributed by atoms with Gasteiger partial charge in [-0.25, -0.2) is 0 Å². The van der Waals surface area contributed by atoms with Crippen LogP contribution in [0.3, 0.4) is 0 Å². The maximum Gasteiger partial charge on any atom is 0.224 e. The fourth-order valence-electron chi connectivity index (χ4n) is 2.87. The van der Waals surface area contributed by atoms with Crippen molar-refractivity contribution in [2.75, 3.05) is 6.61 Å². The first-order chi connectivity index (χ1) is 12.6. The van der Waals surface area contributed by atoms with Crippen LogP contribution in [0.25, 0.3) is 0 Å². The molecular formula is C22H23NO3. The van der Waals surface area contributed by atoms with Gasteiger partial charge in [0.2, 0.25) is 5.91 Å². The van der Waals surface area contributed by atoms with E-state index in [2.05, 4.69) is 11.4 Å². The number of benzene rings is 2. The number of nitrogens with one attached hydrogen (secondary N) is 1. The fraction of sp³-hybridized carbons (Fsp3) is 0.227. The van der Waals surface area contributed by atoms with Crippen molar-refractivity contribution < 1.29 is 13.9 Å². The molecule has 4 heteroatoms. The van der Waals surface area contributed by atoms with E-state index in [1.807, 2.05) is 68.4 Å². The molecule has 134 valence electrons. The summed E-state index contributed by atoms with van der Waals surface area (Å²) >= 11 is 0. The molecule has 3 aromatic rings. The molecule has 1 aromatic heterocycles. The standard InChI is InChI=1S/C22H23NO3/c1-16-10-11-19(17(2)15-16)26-14-12-21(24)23-22(20-9-6-13-25-20)18-7-4-3-5-8-18/h3-11,13,15,22H,12,14H2,1-2H3,(H,23,24). The average Bonchev–Trinajstić information content (AvgIpc) is 3.17. The molecule has 2 aromatic carbocycles. The molecule has 0 aliphatic rings. The highest BCUT2D eigenvalue weighted by Gasteiger charge is 2.19. The Kier molecular flexibility index (Phi) is 5.74. The minimum atomic E-state index is -0.306. The SMILES string of the molecule is Cc1ccc(OCCC(=O)NC(c2ccccc2)c2ccco2)c(C)c1. The molecule has 1 heterocycles. The molecule has 1 amide bonds. The third-order valence-electron chi connectivity index (χ3n) is 4.18. The van der Waals surface area contributed by atoms with Crippen molar-refractivity contribution in [1.29, 1.82) is 0 Å². The molecule has 0 saturated carbocycles. The molecule has 3 rings (SSSR count). The number of rotatable bonds is 7. The molecule has 0 aliphatic carbocycles. The van der Waals surface area contributed by atoms with E-state index >= 15 is 0 Å². The van der Waals surface area contributed by atoms with Crippen LogP contribution in [0.5, 0.6) is 5.75 Å². The predicted molar refractivity (Wildman–Crippen MR) is 101 cm³/mol. The van der Waals surface area contributed by atoms with Crippen molar-refractivity contribution in [2.45, 2.75) is 26.3 Å². The monoisotopic (exact) mass is 349 g/mol. The van der Waals surface area contributed by atoms with Crippen LogP contribution >= 0.6 is 0 Å². The van der Waals surface area contributed by atoms with Gasteiger partial charge in [0.1, 0.15) is 17.6 Å². The summed E-state index contributed by atoms with van der Waals surface area (Å²) in [7, 11) is 0. The van der Waals surface area contributed by atoms with E-state index in [-0.39, 0.29) is 18.4 Å². The molecule has 0 aliphatic heterocycles. The summed E-state index contributed by atoms with van der Waals surface area (Å²) in [6.45, 7) is 4.38. The predicted octanol–water partition coefficient (Wildman–Crippen LogP) is 4.57. The van der Waals surface area contributed by atoms with Crippen molar-refractivity contribution in [1.82, 2.24) is 5.32 Å². The summed E-state index contributed by atoms with van der Waals surface area (Å²) in [4.78, 5) is 12.4. The Morgan fingerprint density at radius 1 is 1.08 bits per heavy atom. The van der Waals surface area contributed by atoms with Crippen LogP contribution in [0.4, 0.5) is 0 Å². The topological polar surface area (TPSA) is 51.5 Å². The Bertz CT molecular complexity index is 841. The summed E-state index contributed by atoms with van der Waals surface area (Å²) in [5.74, 6) is 1.44. The molecule has 0 fully saturated rings. The fourth-order valence-corrected chi connectivity index (χ4v) is 2.87. The number of hydrogen-bond donors (Lipinski definition) is 1. The van der Waals surface area contributed by atoms with Crippen molar-refractivity contribution in [2.24, 2.45) is 0 Å². The highest BCUT2D eigenvalue weighted by Crippen LogP contribution is 2.23. The van der Waals surface area contributed by atoms with Crippen molar-refractivity contribution in [3.05, 3.63) is 89.4 Å². The van der Waals surface area contributed by atoms with Crippen LogP contribution in [-0.4, -0.2) is 12.5 Å². The zero-order chi connectivity index (χ0) is 18.4. The summed E-state index contributed by atoms with van der Waals surface area (Å²) in [5.41, 5.74) is 3.24. The third-order valence-corrected chi connectivity index (χ3v) is 4.18. The molecule has 4 nitrogen and oxygen atoms in total. The number of hydrogen-bond acceptors (Lipinski definition) is 3. The molecule has 1 unspecified atom stereocenters. The van der Waals surface area contributed by atoms with Gasteiger partial charge in [-0.3, -0.25) is 4.79 Å². The first-order valence-electron chi connectivity index (χ1n) is 8.71. The molecule has 0 saturated heterocycles. The second-order valence-electron chi connectivity index (χ2n) is 6.29. The van der Waals surface area contributed by atoms with E-state index in [0.29, 0.717) is 12.4 Å². The molecule has 26 heavy (non-hydrogen) atoms. The van der Waals surface area contributed by atoms with E-state index in [1.54, 1.807) is 6.26 Å². The van der Waals surface area contributed by atoms with Crippen molar-refractivity contribution >= 4 is 5.91 Å². The van der Waals surface area contributed by atoms with Gasteiger partial charge in [-0.05, 0) is 43.2 Å². The van der Waals surface area contributed by atoms with Gasteiger partial charge in [-0.15, -0.1) is 0 Å². The van der Waals surface area contributed by atoms with Crippen LogP contribution in [0.1, 0.15) is 34.9 Å². The molecule has 0 bridgehead atoms. The van der Waals surface area contributed by atoms with Gasteiger partial charge in [0.25, 0.3) is 0 Å². The lowest BCUT2D eigenvalue weighted by molar-refractivity contribution is -0.122. The maximum absolute atomic E-state index is 12.4. The molecule has 0 spiro atoms. The molecule has 0 radical (unpaired) electrons. The van der Waals surface area contributed by atoms with Crippen LogP contribution < -0.4 is 10.1 Å². The van der Waals surface area contributed by atoms with Crippen LogP contribution in [0.15, 0.2) is 71.3 Å².